The van der Waals surface area contributed by atoms with E-state index in [1.807, 2.05) is 31.2 Å². The lowest BCUT2D eigenvalue weighted by Gasteiger charge is -2.13. The summed E-state index contributed by atoms with van der Waals surface area (Å²) in [5, 5.41) is 3.16. The second-order valence-electron chi connectivity index (χ2n) is 6.31. The fourth-order valence-corrected chi connectivity index (χ4v) is 3.32. The fourth-order valence-electron chi connectivity index (χ4n) is 2.48. The molecule has 0 aliphatic rings. The highest BCUT2D eigenvalue weighted by Crippen LogP contribution is 2.32. The highest BCUT2D eigenvalue weighted by atomic mass is 35.5. The van der Waals surface area contributed by atoms with Gasteiger partial charge >= 0.3 is 0 Å². The Morgan fingerprint density at radius 3 is 2.39 bits per heavy atom. The van der Waals surface area contributed by atoms with Crippen LogP contribution in [0.3, 0.4) is 0 Å². The van der Waals surface area contributed by atoms with Gasteiger partial charge in [0.15, 0.2) is 15.6 Å². The molecule has 0 unspecified atom stereocenters. The molecule has 1 N–H and O–H groups in total. The van der Waals surface area contributed by atoms with Crippen molar-refractivity contribution < 1.29 is 17.9 Å². The van der Waals surface area contributed by atoms with Gasteiger partial charge in [-0.2, -0.15) is 0 Å². The highest BCUT2D eigenvalue weighted by Gasteiger charge is 2.14. The molecule has 3 aromatic carbocycles. The fraction of sp³-hybridized carbons (Fsp3) is 0.0952. The maximum atomic E-state index is 12.6. The molecule has 1 amide bonds. The Morgan fingerprint density at radius 2 is 1.71 bits per heavy atom. The van der Waals surface area contributed by atoms with E-state index < -0.39 is 15.7 Å². The summed E-state index contributed by atoms with van der Waals surface area (Å²) in [6.07, 6.45) is 1.09. The molecule has 3 rings (SSSR count). The SMILES string of the molecule is Cc1ccc(Oc2ccc(Cl)cc2NC(=O)c2cccc(S(C)(=O)=O)c2)cc1. The van der Waals surface area contributed by atoms with E-state index in [2.05, 4.69) is 5.32 Å². The van der Waals surface area contributed by atoms with Crippen LogP contribution in [0.5, 0.6) is 11.5 Å². The molecule has 0 saturated carbocycles. The number of benzene rings is 3. The van der Waals surface area contributed by atoms with Gasteiger partial charge in [-0.15, -0.1) is 0 Å². The van der Waals surface area contributed by atoms with Crippen LogP contribution in [0.15, 0.2) is 71.6 Å². The number of nitrogens with one attached hydrogen (secondary N) is 1. The monoisotopic (exact) mass is 415 g/mol. The lowest BCUT2D eigenvalue weighted by Crippen LogP contribution is -2.13. The molecule has 0 aliphatic carbocycles. The molecule has 0 bridgehead atoms. The molecule has 5 nitrogen and oxygen atoms in total. The zero-order valence-electron chi connectivity index (χ0n) is 15.3. The van der Waals surface area contributed by atoms with Crippen molar-refractivity contribution >= 4 is 33.0 Å². The maximum absolute atomic E-state index is 12.6. The number of anilines is 1. The summed E-state index contributed by atoms with van der Waals surface area (Å²) < 4.78 is 29.3. The number of aryl methyl sites for hydroxylation is 1. The normalized spacial score (nSPS) is 11.1. The van der Waals surface area contributed by atoms with Crippen molar-refractivity contribution in [2.75, 3.05) is 11.6 Å². The van der Waals surface area contributed by atoms with E-state index in [0.717, 1.165) is 11.8 Å². The zero-order chi connectivity index (χ0) is 20.3. The van der Waals surface area contributed by atoms with E-state index in [0.29, 0.717) is 22.2 Å². The van der Waals surface area contributed by atoms with Crippen LogP contribution < -0.4 is 10.1 Å². The molecule has 3 aromatic rings. The van der Waals surface area contributed by atoms with Gasteiger partial charge in [0.1, 0.15) is 5.75 Å². The Kier molecular flexibility index (Phi) is 5.72. The third-order valence-electron chi connectivity index (χ3n) is 3.96. The van der Waals surface area contributed by atoms with E-state index in [-0.39, 0.29) is 10.5 Å². The number of hydrogen-bond donors (Lipinski definition) is 1. The van der Waals surface area contributed by atoms with E-state index in [1.54, 1.807) is 18.2 Å². The van der Waals surface area contributed by atoms with Crippen LogP contribution in [0.2, 0.25) is 5.02 Å². The van der Waals surface area contributed by atoms with Crippen molar-refractivity contribution in [3.8, 4) is 11.5 Å². The van der Waals surface area contributed by atoms with E-state index in [1.165, 1.54) is 24.3 Å². The van der Waals surface area contributed by atoms with Crippen molar-refractivity contribution in [3.63, 3.8) is 0 Å². The van der Waals surface area contributed by atoms with Gasteiger partial charge in [-0.25, -0.2) is 8.42 Å². The Morgan fingerprint density at radius 1 is 1.00 bits per heavy atom. The van der Waals surface area contributed by atoms with Crippen molar-refractivity contribution in [1.82, 2.24) is 0 Å². The number of carbonyl (C=O) groups is 1. The molecule has 0 heterocycles. The van der Waals surface area contributed by atoms with Crippen molar-refractivity contribution in [3.05, 3.63) is 82.9 Å². The average Bonchev–Trinajstić information content (AvgIpc) is 2.65. The Labute approximate surface area is 168 Å². The molecular formula is C21H18ClNO4S. The lowest BCUT2D eigenvalue weighted by molar-refractivity contribution is 0.102. The summed E-state index contributed by atoms with van der Waals surface area (Å²) >= 11 is 6.07. The molecule has 144 valence electrons. The summed E-state index contributed by atoms with van der Waals surface area (Å²) in [7, 11) is -3.42. The Bertz CT molecular complexity index is 1130. The summed E-state index contributed by atoms with van der Waals surface area (Å²) in [4.78, 5) is 12.7. The molecule has 0 atom stereocenters. The molecule has 0 saturated heterocycles. The molecular weight excluding hydrogens is 398 g/mol. The Balaban J connectivity index is 1.88. The molecule has 28 heavy (non-hydrogen) atoms. The first-order valence-corrected chi connectivity index (χ1v) is 10.6. The number of amides is 1. The zero-order valence-corrected chi connectivity index (χ0v) is 16.8. The molecule has 0 spiro atoms. The number of sulfone groups is 1. The maximum Gasteiger partial charge on any atom is 0.255 e. The topological polar surface area (TPSA) is 72.5 Å². The average molecular weight is 416 g/mol. The number of carbonyl (C=O) groups excluding carboxylic acids is 1. The standard InChI is InChI=1S/C21H18ClNO4S/c1-14-6-9-17(10-7-14)27-20-11-8-16(22)13-19(20)23-21(24)15-4-3-5-18(12-15)28(2,25)26/h3-13H,1-2H3,(H,23,24). The third-order valence-corrected chi connectivity index (χ3v) is 5.31. The number of halogens is 1. The number of ether oxygens (including phenoxy) is 1. The van der Waals surface area contributed by atoms with Crippen molar-refractivity contribution in [1.29, 1.82) is 0 Å². The predicted molar refractivity (Wildman–Crippen MR) is 110 cm³/mol. The highest BCUT2D eigenvalue weighted by molar-refractivity contribution is 7.90. The summed E-state index contributed by atoms with van der Waals surface area (Å²) in [6, 6.07) is 18.2. The molecule has 0 radical (unpaired) electrons. The molecule has 7 heteroatoms. The van der Waals surface area contributed by atoms with Crippen LogP contribution in [0.25, 0.3) is 0 Å². The third kappa shape index (κ3) is 4.91. The number of hydrogen-bond acceptors (Lipinski definition) is 4. The summed E-state index contributed by atoms with van der Waals surface area (Å²) in [5.41, 5.74) is 1.69. The van der Waals surface area contributed by atoms with E-state index >= 15 is 0 Å². The number of rotatable bonds is 5. The van der Waals surface area contributed by atoms with Crippen LogP contribution >= 0.6 is 11.6 Å². The van der Waals surface area contributed by atoms with Crippen LogP contribution in [0.1, 0.15) is 15.9 Å². The summed E-state index contributed by atoms with van der Waals surface area (Å²) in [6.45, 7) is 1.97. The minimum Gasteiger partial charge on any atom is -0.455 e. The van der Waals surface area contributed by atoms with Gasteiger partial charge in [0.05, 0.1) is 10.6 Å². The smallest absolute Gasteiger partial charge is 0.255 e. The summed E-state index contributed by atoms with van der Waals surface area (Å²) in [5.74, 6) is 0.560. The largest absolute Gasteiger partial charge is 0.455 e. The minimum atomic E-state index is -3.42. The first-order valence-electron chi connectivity index (χ1n) is 8.38. The first kappa shape index (κ1) is 19.9. The second kappa shape index (κ2) is 8.04. The van der Waals surface area contributed by atoms with Gasteiger partial charge in [0.25, 0.3) is 5.91 Å². The van der Waals surface area contributed by atoms with Gasteiger partial charge < -0.3 is 10.1 Å². The first-order chi connectivity index (χ1) is 13.2. The van der Waals surface area contributed by atoms with E-state index in [9.17, 15) is 13.2 Å². The van der Waals surface area contributed by atoms with Crippen LogP contribution in [0, 0.1) is 6.92 Å². The molecule has 0 fully saturated rings. The van der Waals surface area contributed by atoms with Gasteiger partial charge in [-0.05, 0) is 55.5 Å². The Hall–Kier alpha value is -2.83. The molecule has 0 aromatic heterocycles. The van der Waals surface area contributed by atoms with Crippen LogP contribution in [-0.4, -0.2) is 20.6 Å². The lowest BCUT2D eigenvalue weighted by atomic mass is 10.2. The van der Waals surface area contributed by atoms with Gasteiger partial charge in [0.2, 0.25) is 0 Å². The van der Waals surface area contributed by atoms with E-state index in [4.69, 9.17) is 16.3 Å². The molecule has 0 aliphatic heterocycles. The second-order valence-corrected chi connectivity index (χ2v) is 8.76. The van der Waals surface area contributed by atoms with Gasteiger partial charge in [-0.3, -0.25) is 4.79 Å². The quantitative estimate of drug-likeness (QED) is 0.629. The van der Waals surface area contributed by atoms with Crippen molar-refractivity contribution in [2.45, 2.75) is 11.8 Å². The van der Waals surface area contributed by atoms with Crippen LogP contribution in [-0.2, 0) is 9.84 Å². The van der Waals surface area contributed by atoms with Crippen LogP contribution in [0.4, 0.5) is 5.69 Å². The van der Waals surface area contributed by atoms with Crippen molar-refractivity contribution in [2.24, 2.45) is 0 Å². The minimum absolute atomic E-state index is 0.0716. The van der Waals surface area contributed by atoms with Gasteiger partial charge in [-0.1, -0.05) is 35.4 Å². The van der Waals surface area contributed by atoms with Gasteiger partial charge in [0, 0.05) is 16.8 Å². The predicted octanol–water partition coefficient (Wildman–Crippen LogP) is 5.10.